The number of anilines is 1. The zero-order valence-corrected chi connectivity index (χ0v) is 17.2. The Bertz CT molecular complexity index is 1010. The van der Waals surface area contributed by atoms with Gasteiger partial charge in [0.1, 0.15) is 29.7 Å². The highest BCUT2D eigenvalue weighted by atomic mass is 19.1. The van der Waals surface area contributed by atoms with Crippen LogP contribution in [0.1, 0.15) is 34.3 Å². The predicted molar refractivity (Wildman–Crippen MR) is 110 cm³/mol. The number of benzene rings is 2. The Kier molecular flexibility index (Phi) is 6.84. The van der Waals surface area contributed by atoms with Gasteiger partial charge in [0, 0.05) is 55.0 Å². The van der Waals surface area contributed by atoms with E-state index in [0.29, 0.717) is 28.8 Å². The summed E-state index contributed by atoms with van der Waals surface area (Å²) in [7, 11) is 2.88. The first kappa shape index (κ1) is 22.2. The Labute approximate surface area is 178 Å². The van der Waals surface area contributed by atoms with Crippen molar-refractivity contribution < 1.29 is 27.9 Å². The van der Waals surface area contributed by atoms with E-state index < -0.39 is 29.5 Å². The number of carbonyl (C=O) groups is 3. The van der Waals surface area contributed by atoms with Crippen molar-refractivity contribution in [1.82, 2.24) is 10.2 Å². The van der Waals surface area contributed by atoms with E-state index in [1.807, 2.05) is 0 Å². The number of hydrogen-bond acceptors (Lipinski definition) is 5. The summed E-state index contributed by atoms with van der Waals surface area (Å²) in [6.45, 7) is 0.128. The Hall–Kier alpha value is -3.49. The predicted octanol–water partition coefficient (Wildman–Crippen LogP) is 2.63. The van der Waals surface area contributed by atoms with E-state index in [4.69, 9.17) is 4.74 Å². The summed E-state index contributed by atoms with van der Waals surface area (Å²) < 4.78 is 33.5. The van der Waals surface area contributed by atoms with Gasteiger partial charge in [0.25, 0.3) is 5.91 Å². The molecule has 1 aliphatic rings. The van der Waals surface area contributed by atoms with Gasteiger partial charge in [0.15, 0.2) is 0 Å². The zero-order valence-electron chi connectivity index (χ0n) is 17.2. The van der Waals surface area contributed by atoms with Gasteiger partial charge in [-0.15, -0.1) is 0 Å². The molecule has 164 valence electrons. The van der Waals surface area contributed by atoms with Gasteiger partial charge in [-0.3, -0.25) is 9.59 Å². The van der Waals surface area contributed by atoms with Crippen LogP contribution in [-0.4, -0.2) is 43.2 Å². The van der Waals surface area contributed by atoms with Crippen LogP contribution in [0, 0.1) is 11.6 Å². The third kappa shape index (κ3) is 4.65. The molecule has 0 saturated carbocycles. The summed E-state index contributed by atoms with van der Waals surface area (Å²) in [5.74, 6) is -1.63. The van der Waals surface area contributed by atoms with Gasteiger partial charge >= 0.3 is 0 Å². The Morgan fingerprint density at radius 2 is 2.06 bits per heavy atom. The molecule has 0 aliphatic carbocycles. The molecule has 0 fully saturated rings. The fourth-order valence-electron chi connectivity index (χ4n) is 3.61. The Balaban J connectivity index is 1.86. The lowest BCUT2D eigenvalue weighted by atomic mass is 10.1. The molecule has 2 N–H and O–H groups in total. The number of aldehydes is 1. The van der Waals surface area contributed by atoms with Crippen LogP contribution in [0.2, 0.25) is 0 Å². The molecule has 1 heterocycles. The zero-order chi connectivity index (χ0) is 22.5. The van der Waals surface area contributed by atoms with E-state index in [0.717, 1.165) is 6.07 Å². The fourth-order valence-corrected chi connectivity index (χ4v) is 3.61. The van der Waals surface area contributed by atoms with Crippen molar-refractivity contribution in [1.29, 1.82) is 0 Å². The summed E-state index contributed by atoms with van der Waals surface area (Å²) in [6, 6.07) is 5.92. The van der Waals surface area contributed by atoms with Crippen LogP contribution in [0.25, 0.3) is 0 Å². The first-order valence-electron chi connectivity index (χ1n) is 9.74. The minimum absolute atomic E-state index is 0.0595. The lowest BCUT2D eigenvalue weighted by molar-refractivity contribution is -0.125. The van der Waals surface area contributed by atoms with Gasteiger partial charge in [0.05, 0.1) is 7.11 Å². The third-order valence-corrected chi connectivity index (χ3v) is 5.25. The first-order valence-corrected chi connectivity index (χ1v) is 9.74. The van der Waals surface area contributed by atoms with Crippen molar-refractivity contribution in [2.75, 3.05) is 19.5 Å². The van der Waals surface area contributed by atoms with E-state index >= 15 is 0 Å². The second-order valence-electron chi connectivity index (χ2n) is 7.10. The number of amides is 2. The van der Waals surface area contributed by atoms with Crippen LogP contribution in [0.3, 0.4) is 0 Å². The van der Waals surface area contributed by atoms with Crippen molar-refractivity contribution in [3.63, 3.8) is 0 Å². The average molecular weight is 431 g/mol. The number of ether oxygens (including phenoxy) is 1. The van der Waals surface area contributed by atoms with E-state index in [2.05, 4.69) is 10.6 Å². The SMILES string of the molecule is CNC(=O)C(CCC=O)N1Cc2c(NCc3ccc(OC)cc3F)cc(F)cc2C1=O. The molecule has 2 amide bonds. The van der Waals surface area contributed by atoms with Crippen molar-refractivity contribution in [3.05, 3.63) is 58.7 Å². The van der Waals surface area contributed by atoms with Gasteiger partial charge in [-0.1, -0.05) is 6.07 Å². The van der Waals surface area contributed by atoms with Gasteiger partial charge < -0.3 is 25.1 Å². The summed E-state index contributed by atoms with van der Waals surface area (Å²) >= 11 is 0. The van der Waals surface area contributed by atoms with E-state index in [1.165, 1.54) is 31.2 Å². The topological polar surface area (TPSA) is 87.7 Å². The molecule has 0 saturated heterocycles. The monoisotopic (exact) mass is 431 g/mol. The molecule has 2 aromatic carbocycles. The standard InChI is InChI=1S/C22H23F2N3O4/c1-25-21(29)20(4-3-7-28)27-12-17-16(22(27)30)8-14(23)9-19(17)26-11-13-5-6-15(31-2)10-18(13)24/h5-10,20,26H,3-4,11-12H2,1-2H3,(H,25,29). The molecule has 1 aliphatic heterocycles. The molecule has 0 spiro atoms. The second kappa shape index (κ2) is 9.55. The molecule has 0 radical (unpaired) electrons. The van der Waals surface area contributed by atoms with Crippen LogP contribution in [0.15, 0.2) is 30.3 Å². The molecule has 1 unspecified atom stereocenters. The fraction of sp³-hybridized carbons (Fsp3) is 0.318. The Morgan fingerprint density at radius 3 is 2.71 bits per heavy atom. The number of hydrogen-bond donors (Lipinski definition) is 2. The first-order chi connectivity index (χ1) is 14.9. The van der Waals surface area contributed by atoms with Crippen LogP contribution in [-0.2, 0) is 22.7 Å². The van der Waals surface area contributed by atoms with Crippen LogP contribution >= 0.6 is 0 Å². The summed E-state index contributed by atoms with van der Waals surface area (Å²) in [6.07, 6.45) is 0.944. The summed E-state index contributed by atoms with van der Waals surface area (Å²) in [5.41, 5.74) is 1.33. The summed E-state index contributed by atoms with van der Waals surface area (Å²) in [4.78, 5) is 37.3. The molecule has 31 heavy (non-hydrogen) atoms. The minimum atomic E-state index is -0.856. The molecule has 0 bridgehead atoms. The van der Waals surface area contributed by atoms with E-state index in [9.17, 15) is 23.2 Å². The largest absolute Gasteiger partial charge is 0.497 e. The lowest BCUT2D eigenvalue weighted by Crippen LogP contribution is -2.46. The quantitative estimate of drug-likeness (QED) is 0.596. The van der Waals surface area contributed by atoms with Gasteiger partial charge in [-0.05, 0) is 24.6 Å². The van der Waals surface area contributed by atoms with Crippen molar-refractivity contribution >= 4 is 23.8 Å². The molecular formula is C22H23F2N3O4. The van der Waals surface area contributed by atoms with Gasteiger partial charge in [-0.2, -0.15) is 0 Å². The number of nitrogens with one attached hydrogen (secondary N) is 2. The van der Waals surface area contributed by atoms with Crippen molar-refractivity contribution in [2.45, 2.75) is 32.0 Å². The third-order valence-electron chi connectivity index (χ3n) is 5.25. The van der Waals surface area contributed by atoms with E-state index in [1.54, 1.807) is 12.1 Å². The number of fused-ring (bicyclic) bond motifs is 1. The normalized spacial score (nSPS) is 13.5. The van der Waals surface area contributed by atoms with Crippen LogP contribution < -0.4 is 15.4 Å². The molecular weight excluding hydrogens is 408 g/mol. The maximum absolute atomic E-state index is 14.2. The van der Waals surface area contributed by atoms with Crippen LogP contribution in [0.5, 0.6) is 5.75 Å². The number of halogens is 2. The average Bonchev–Trinajstić information content (AvgIpc) is 3.09. The highest BCUT2D eigenvalue weighted by Gasteiger charge is 2.37. The number of carbonyl (C=O) groups excluding carboxylic acids is 3. The highest BCUT2D eigenvalue weighted by Crippen LogP contribution is 2.33. The number of nitrogens with zero attached hydrogens (tertiary/aromatic N) is 1. The molecule has 9 heteroatoms. The molecule has 7 nitrogen and oxygen atoms in total. The minimum Gasteiger partial charge on any atom is -0.497 e. The maximum Gasteiger partial charge on any atom is 0.255 e. The van der Waals surface area contributed by atoms with Crippen molar-refractivity contribution in [3.8, 4) is 5.75 Å². The smallest absolute Gasteiger partial charge is 0.255 e. The molecule has 0 aromatic heterocycles. The molecule has 1 atom stereocenters. The van der Waals surface area contributed by atoms with E-state index in [-0.39, 0.29) is 31.5 Å². The molecule has 3 rings (SSSR count). The number of rotatable bonds is 9. The maximum atomic E-state index is 14.2. The van der Waals surface area contributed by atoms with Gasteiger partial charge in [0.2, 0.25) is 5.91 Å². The van der Waals surface area contributed by atoms with Crippen molar-refractivity contribution in [2.24, 2.45) is 0 Å². The Morgan fingerprint density at radius 1 is 1.29 bits per heavy atom. The second-order valence-corrected chi connectivity index (χ2v) is 7.10. The summed E-state index contributed by atoms with van der Waals surface area (Å²) in [5, 5.41) is 5.49. The van der Waals surface area contributed by atoms with Crippen LogP contribution in [0.4, 0.5) is 14.5 Å². The number of likely N-dealkylation sites (N-methyl/N-ethyl adjacent to an activating group) is 1. The van der Waals surface area contributed by atoms with Gasteiger partial charge in [-0.25, -0.2) is 8.78 Å². The lowest BCUT2D eigenvalue weighted by Gasteiger charge is -2.25. The molecule has 2 aromatic rings. The number of methoxy groups -OCH3 is 1. The highest BCUT2D eigenvalue weighted by molar-refractivity contribution is 6.02.